The third-order valence-electron chi connectivity index (χ3n) is 1.98. The fourth-order valence-electron chi connectivity index (χ4n) is 0.945. The average molecular weight is 172 g/mol. The first-order valence-corrected chi connectivity index (χ1v) is 4.39. The van der Waals surface area contributed by atoms with E-state index in [1.54, 1.807) is 7.11 Å². The van der Waals surface area contributed by atoms with Gasteiger partial charge in [0.05, 0.1) is 19.1 Å². The van der Waals surface area contributed by atoms with Crippen LogP contribution in [0.3, 0.4) is 0 Å². The molecule has 70 valence electrons. The maximum absolute atomic E-state index is 11.2. The minimum atomic E-state index is -0.135. The van der Waals surface area contributed by atoms with Crippen molar-refractivity contribution >= 4 is 5.97 Å². The molecule has 0 aliphatic heterocycles. The molecule has 1 saturated carbocycles. The molecule has 0 saturated heterocycles. The molecule has 0 heterocycles. The van der Waals surface area contributed by atoms with Crippen molar-refractivity contribution in [2.24, 2.45) is 11.8 Å². The van der Waals surface area contributed by atoms with Gasteiger partial charge in [-0.25, -0.2) is 0 Å². The van der Waals surface area contributed by atoms with Crippen LogP contribution in [-0.4, -0.2) is 26.3 Å². The topological polar surface area (TPSA) is 35.5 Å². The predicted molar refractivity (Wildman–Crippen MR) is 44.7 cm³/mol. The van der Waals surface area contributed by atoms with Gasteiger partial charge in [-0.2, -0.15) is 0 Å². The Kier molecular flexibility index (Phi) is 3.53. The maximum atomic E-state index is 11.2. The van der Waals surface area contributed by atoms with Gasteiger partial charge in [0.25, 0.3) is 0 Å². The molecule has 3 heteroatoms. The minimum absolute atomic E-state index is 0.131. The fraction of sp³-hybridized carbons (Fsp3) is 0.889. The Labute approximate surface area is 73.0 Å². The highest BCUT2D eigenvalue weighted by atomic mass is 16.5. The van der Waals surface area contributed by atoms with Crippen molar-refractivity contribution in [1.29, 1.82) is 0 Å². The molecule has 0 N–H and O–H groups in total. The van der Waals surface area contributed by atoms with Crippen LogP contribution in [0.4, 0.5) is 0 Å². The van der Waals surface area contributed by atoms with Gasteiger partial charge < -0.3 is 9.47 Å². The second-order valence-corrected chi connectivity index (χ2v) is 3.43. The number of esters is 1. The molecule has 0 aromatic heterocycles. The lowest BCUT2D eigenvalue weighted by Crippen LogP contribution is -2.20. The first-order valence-electron chi connectivity index (χ1n) is 4.39. The Morgan fingerprint density at radius 3 is 2.75 bits per heavy atom. The van der Waals surface area contributed by atoms with Crippen molar-refractivity contribution in [3.8, 4) is 0 Å². The Morgan fingerprint density at radius 2 is 2.25 bits per heavy atom. The summed E-state index contributed by atoms with van der Waals surface area (Å²) in [6.07, 6.45) is 2.43. The summed E-state index contributed by atoms with van der Waals surface area (Å²) in [7, 11) is 1.59. The normalized spacial score (nSPS) is 18.8. The van der Waals surface area contributed by atoms with Gasteiger partial charge in [0.1, 0.15) is 0 Å². The molecule has 0 aromatic rings. The van der Waals surface area contributed by atoms with Crippen LogP contribution < -0.4 is 0 Å². The van der Waals surface area contributed by atoms with Crippen LogP contribution >= 0.6 is 0 Å². The van der Waals surface area contributed by atoms with E-state index < -0.39 is 0 Å². The number of hydrogen-bond acceptors (Lipinski definition) is 3. The van der Waals surface area contributed by atoms with E-state index >= 15 is 0 Å². The van der Waals surface area contributed by atoms with E-state index in [2.05, 4.69) is 0 Å². The van der Waals surface area contributed by atoms with E-state index in [-0.39, 0.29) is 11.9 Å². The monoisotopic (exact) mass is 172 g/mol. The number of rotatable bonds is 5. The van der Waals surface area contributed by atoms with Gasteiger partial charge >= 0.3 is 5.97 Å². The molecule has 1 aliphatic carbocycles. The predicted octanol–water partition coefficient (Wildman–Crippen LogP) is 1.22. The molecule has 12 heavy (non-hydrogen) atoms. The zero-order valence-corrected chi connectivity index (χ0v) is 7.71. The molecule has 0 radical (unpaired) electrons. The Hall–Kier alpha value is -0.570. The molecule has 0 bridgehead atoms. The summed E-state index contributed by atoms with van der Waals surface area (Å²) in [6.45, 7) is 2.87. The lowest BCUT2D eigenvalue weighted by Gasteiger charge is -2.09. The Balaban J connectivity index is 2.07. The molecule has 1 atom stereocenters. The first-order chi connectivity index (χ1) is 5.74. The van der Waals surface area contributed by atoms with E-state index in [1.807, 2.05) is 6.92 Å². The van der Waals surface area contributed by atoms with E-state index in [0.717, 1.165) is 0 Å². The molecular formula is C9H16O3. The highest BCUT2D eigenvalue weighted by molar-refractivity contribution is 5.72. The van der Waals surface area contributed by atoms with Crippen LogP contribution in [0.15, 0.2) is 0 Å². The third-order valence-corrected chi connectivity index (χ3v) is 1.98. The van der Waals surface area contributed by atoms with E-state index in [1.165, 1.54) is 12.8 Å². The van der Waals surface area contributed by atoms with Crippen molar-refractivity contribution in [2.45, 2.75) is 19.8 Å². The van der Waals surface area contributed by atoms with Crippen LogP contribution in [0.5, 0.6) is 0 Å². The van der Waals surface area contributed by atoms with Crippen LogP contribution in [0.1, 0.15) is 19.8 Å². The third kappa shape index (κ3) is 3.22. The number of ether oxygens (including phenoxy) is 2. The van der Waals surface area contributed by atoms with Crippen LogP contribution in [0.25, 0.3) is 0 Å². The Bertz CT molecular complexity index is 152. The van der Waals surface area contributed by atoms with Crippen molar-refractivity contribution in [3.63, 3.8) is 0 Å². The summed E-state index contributed by atoms with van der Waals surface area (Å²) < 4.78 is 9.91. The van der Waals surface area contributed by atoms with Gasteiger partial charge in [-0.15, -0.1) is 0 Å². The van der Waals surface area contributed by atoms with Gasteiger partial charge in [0.15, 0.2) is 0 Å². The van der Waals surface area contributed by atoms with Gasteiger partial charge in [0.2, 0.25) is 0 Å². The van der Waals surface area contributed by atoms with Crippen LogP contribution in [0.2, 0.25) is 0 Å². The van der Waals surface area contributed by atoms with Gasteiger partial charge in [-0.3, -0.25) is 4.79 Å². The molecule has 1 aliphatic rings. The maximum Gasteiger partial charge on any atom is 0.311 e. The summed E-state index contributed by atoms with van der Waals surface area (Å²) in [5.41, 5.74) is 0. The quantitative estimate of drug-likeness (QED) is 0.585. The molecule has 3 nitrogen and oxygen atoms in total. The molecule has 0 spiro atoms. The summed E-state index contributed by atoms with van der Waals surface area (Å²) in [4.78, 5) is 11.2. The molecule has 1 fully saturated rings. The van der Waals surface area contributed by atoms with Gasteiger partial charge in [0, 0.05) is 7.11 Å². The summed E-state index contributed by atoms with van der Waals surface area (Å²) in [5, 5.41) is 0. The number of carbonyl (C=O) groups excluding carboxylic acids is 1. The molecule has 0 aromatic carbocycles. The average Bonchev–Trinajstić information content (AvgIpc) is 2.83. The standard InChI is InChI=1S/C9H16O3/c1-7(5-11-2)9(10)12-6-8-3-4-8/h7-8H,3-6H2,1-2H3. The smallest absolute Gasteiger partial charge is 0.311 e. The number of methoxy groups -OCH3 is 1. The largest absolute Gasteiger partial charge is 0.465 e. The summed E-state index contributed by atoms with van der Waals surface area (Å²) >= 11 is 0. The van der Waals surface area contributed by atoms with Crippen molar-refractivity contribution < 1.29 is 14.3 Å². The lowest BCUT2D eigenvalue weighted by atomic mass is 10.2. The van der Waals surface area contributed by atoms with Gasteiger partial charge in [-0.05, 0) is 25.7 Å². The van der Waals surface area contributed by atoms with Gasteiger partial charge in [-0.1, -0.05) is 0 Å². The zero-order chi connectivity index (χ0) is 8.97. The SMILES string of the molecule is COCC(C)C(=O)OCC1CC1. The molecule has 0 amide bonds. The second kappa shape index (κ2) is 4.45. The van der Waals surface area contributed by atoms with E-state index in [9.17, 15) is 4.79 Å². The highest BCUT2D eigenvalue weighted by Crippen LogP contribution is 2.28. The molecule has 1 unspecified atom stereocenters. The fourth-order valence-corrected chi connectivity index (χ4v) is 0.945. The number of carbonyl (C=O) groups is 1. The Morgan fingerprint density at radius 1 is 1.58 bits per heavy atom. The summed E-state index contributed by atoms with van der Waals surface area (Å²) in [5.74, 6) is 0.376. The zero-order valence-electron chi connectivity index (χ0n) is 7.71. The number of hydrogen-bond donors (Lipinski definition) is 0. The first kappa shape index (κ1) is 9.52. The highest BCUT2D eigenvalue weighted by Gasteiger charge is 2.24. The van der Waals surface area contributed by atoms with E-state index in [4.69, 9.17) is 9.47 Å². The van der Waals surface area contributed by atoms with E-state index in [0.29, 0.717) is 19.1 Å². The van der Waals surface area contributed by atoms with Crippen LogP contribution in [-0.2, 0) is 14.3 Å². The van der Waals surface area contributed by atoms with Crippen molar-refractivity contribution in [2.75, 3.05) is 20.3 Å². The minimum Gasteiger partial charge on any atom is -0.465 e. The molecule has 1 rings (SSSR count). The molecular weight excluding hydrogens is 156 g/mol. The van der Waals surface area contributed by atoms with Crippen molar-refractivity contribution in [3.05, 3.63) is 0 Å². The van der Waals surface area contributed by atoms with Crippen LogP contribution in [0, 0.1) is 11.8 Å². The van der Waals surface area contributed by atoms with Crippen molar-refractivity contribution in [1.82, 2.24) is 0 Å². The second-order valence-electron chi connectivity index (χ2n) is 3.43. The lowest BCUT2D eigenvalue weighted by molar-refractivity contribution is -0.150. The summed E-state index contributed by atoms with van der Waals surface area (Å²) in [6, 6.07) is 0.